The van der Waals surface area contributed by atoms with Crippen LogP contribution in [0.3, 0.4) is 0 Å². The highest BCUT2D eigenvalue weighted by molar-refractivity contribution is 6.30. The summed E-state index contributed by atoms with van der Waals surface area (Å²) in [7, 11) is 0. The molecule has 0 saturated carbocycles. The number of carbonyl (C=O) groups excluding carboxylic acids is 2. The van der Waals surface area contributed by atoms with Crippen molar-refractivity contribution in [1.29, 1.82) is 5.26 Å². The molecule has 0 radical (unpaired) electrons. The van der Waals surface area contributed by atoms with Gasteiger partial charge in [-0.25, -0.2) is 0 Å². The Kier molecular flexibility index (Phi) is 7.40. The van der Waals surface area contributed by atoms with Crippen molar-refractivity contribution in [3.05, 3.63) is 70.2 Å². The lowest BCUT2D eigenvalue weighted by molar-refractivity contribution is -0.131. The fourth-order valence-electron chi connectivity index (χ4n) is 3.48. The molecule has 1 saturated heterocycles. The second-order valence-corrected chi connectivity index (χ2v) is 7.69. The van der Waals surface area contributed by atoms with Crippen LogP contribution in [-0.2, 0) is 11.3 Å². The van der Waals surface area contributed by atoms with Crippen LogP contribution >= 0.6 is 11.6 Å². The molecule has 0 atom stereocenters. The van der Waals surface area contributed by atoms with Crippen molar-refractivity contribution in [3.63, 3.8) is 0 Å². The smallest absolute Gasteiger partial charge is 0.223 e. The Morgan fingerprint density at radius 3 is 2.34 bits per heavy atom. The van der Waals surface area contributed by atoms with E-state index in [0.717, 1.165) is 38.2 Å². The second-order valence-electron chi connectivity index (χ2n) is 7.25. The van der Waals surface area contributed by atoms with E-state index in [1.54, 1.807) is 24.3 Å². The van der Waals surface area contributed by atoms with E-state index in [9.17, 15) is 9.59 Å². The highest BCUT2D eigenvalue weighted by Crippen LogP contribution is 2.14. The molecule has 150 valence electrons. The van der Waals surface area contributed by atoms with E-state index in [1.165, 1.54) is 0 Å². The van der Waals surface area contributed by atoms with Gasteiger partial charge in [-0.2, -0.15) is 5.26 Å². The summed E-state index contributed by atoms with van der Waals surface area (Å²) in [6.07, 6.45) is 1.36. The van der Waals surface area contributed by atoms with E-state index in [4.69, 9.17) is 16.9 Å². The van der Waals surface area contributed by atoms with Crippen molar-refractivity contribution < 1.29 is 9.59 Å². The normalized spacial score (nSPS) is 14.8. The molecule has 1 amide bonds. The maximum atomic E-state index is 12.6. The molecule has 0 unspecified atom stereocenters. The first kappa shape index (κ1) is 21.0. The summed E-state index contributed by atoms with van der Waals surface area (Å²) in [5.41, 5.74) is 2.42. The number of ketones is 1. The minimum Gasteiger partial charge on any atom is -0.341 e. The average molecular weight is 410 g/mol. The van der Waals surface area contributed by atoms with E-state index >= 15 is 0 Å². The van der Waals surface area contributed by atoms with Gasteiger partial charge in [-0.1, -0.05) is 23.7 Å². The van der Waals surface area contributed by atoms with Crippen molar-refractivity contribution in [3.8, 4) is 6.07 Å². The molecule has 1 heterocycles. The Hall–Kier alpha value is -2.68. The van der Waals surface area contributed by atoms with Crippen LogP contribution in [0.1, 0.15) is 40.7 Å². The molecule has 0 spiro atoms. The maximum Gasteiger partial charge on any atom is 0.223 e. The Bertz CT molecular complexity index is 888. The molecule has 6 heteroatoms. The lowest BCUT2D eigenvalue weighted by Crippen LogP contribution is -2.35. The van der Waals surface area contributed by atoms with Crippen molar-refractivity contribution in [2.45, 2.75) is 25.8 Å². The summed E-state index contributed by atoms with van der Waals surface area (Å²) in [6.45, 7) is 3.93. The monoisotopic (exact) mass is 409 g/mol. The number of benzene rings is 2. The number of amides is 1. The topological polar surface area (TPSA) is 64.4 Å². The highest BCUT2D eigenvalue weighted by atomic mass is 35.5. The number of nitriles is 1. The maximum absolute atomic E-state index is 12.6. The van der Waals surface area contributed by atoms with Crippen LogP contribution in [0.2, 0.25) is 5.02 Å². The molecule has 1 aliphatic rings. The SMILES string of the molecule is N#Cc1ccc(CN2CCCN(C(=O)CCC(=O)c3ccc(Cl)cc3)CC2)cc1. The molecule has 2 aromatic carbocycles. The molecule has 29 heavy (non-hydrogen) atoms. The van der Waals surface area contributed by atoms with Crippen LogP contribution in [0.5, 0.6) is 0 Å². The van der Waals surface area contributed by atoms with Gasteiger partial charge in [0.25, 0.3) is 0 Å². The summed E-state index contributed by atoms with van der Waals surface area (Å²) in [4.78, 5) is 29.0. The van der Waals surface area contributed by atoms with E-state index in [1.807, 2.05) is 29.2 Å². The first-order valence-electron chi connectivity index (χ1n) is 9.83. The fraction of sp³-hybridized carbons (Fsp3) is 0.348. The fourth-order valence-corrected chi connectivity index (χ4v) is 3.61. The van der Waals surface area contributed by atoms with E-state index in [2.05, 4.69) is 11.0 Å². The number of rotatable bonds is 6. The molecule has 0 bridgehead atoms. The summed E-state index contributed by atoms with van der Waals surface area (Å²) < 4.78 is 0. The van der Waals surface area contributed by atoms with E-state index in [0.29, 0.717) is 22.7 Å². The molecule has 0 N–H and O–H groups in total. The zero-order valence-corrected chi connectivity index (χ0v) is 17.1. The average Bonchev–Trinajstić information content (AvgIpc) is 2.98. The molecule has 0 aliphatic carbocycles. The van der Waals surface area contributed by atoms with Crippen molar-refractivity contribution >= 4 is 23.3 Å². The number of carbonyl (C=O) groups is 2. The molecule has 1 aliphatic heterocycles. The van der Waals surface area contributed by atoms with Gasteiger partial charge in [0.15, 0.2) is 5.78 Å². The minimum absolute atomic E-state index is 0.0348. The molecule has 2 aromatic rings. The van der Waals surface area contributed by atoms with Gasteiger partial charge in [0.1, 0.15) is 0 Å². The van der Waals surface area contributed by atoms with Crippen LogP contribution < -0.4 is 0 Å². The lowest BCUT2D eigenvalue weighted by Gasteiger charge is -2.22. The number of halogens is 1. The van der Waals surface area contributed by atoms with Gasteiger partial charge in [0.2, 0.25) is 5.91 Å². The predicted molar refractivity (Wildman–Crippen MR) is 113 cm³/mol. The van der Waals surface area contributed by atoms with E-state index in [-0.39, 0.29) is 24.5 Å². The van der Waals surface area contributed by atoms with Crippen molar-refractivity contribution in [2.75, 3.05) is 26.2 Å². The van der Waals surface area contributed by atoms with Crippen LogP contribution in [0.15, 0.2) is 48.5 Å². The highest BCUT2D eigenvalue weighted by Gasteiger charge is 2.20. The Morgan fingerprint density at radius 1 is 0.931 bits per heavy atom. The Morgan fingerprint density at radius 2 is 1.66 bits per heavy atom. The van der Waals surface area contributed by atoms with Gasteiger partial charge in [0.05, 0.1) is 11.6 Å². The third-order valence-electron chi connectivity index (χ3n) is 5.16. The lowest BCUT2D eigenvalue weighted by atomic mass is 10.1. The van der Waals surface area contributed by atoms with Crippen molar-refractivity contribution in [2.24, 2.45) is 0 Å². The summed E-state index contributed by atoms with van der Waals surface area (Å²) in [5, 5.41) is 9.49. The second kappa shape index (κ2) is 10.2. The number of hydrogen-bond acceptors (Lipinski definition) is 4. The molecule has 3 rings (SSSR count). The zero-order valence-electron chi connectivity index (χ0n) is 16.3. The zero-order chi connectivity index (χ0) is 20.6. The van der Waals surface area contributed by atoms with Crippen molar-refractivity contribution in [1.82, 2.24) is 9.80 Å². The van der Waals surface area contributed by atoms with E-state index < -0.39 is 0 Å². The largest absolute Gasteiger partial charge is 0.341 e. The first-order valence-corrected chi connectivity index (χ1v) is 10.2. The standard InChI is InChI=1S/C23H24ClN3O2/c24-21-8-6-20(7-9-21)22(28)10-11-23(29)27-13-1-12-26(14-15-27)17-19-4-2-18(16-25)3-5-19/h2-9H,1,10-15,17H2. The van der Waals surface area contributed by atoms with Gasteiger partial charge in [0, 0.05) is 56.2 Å². The predicted octanol–water partition coefficient (Wildman–Crippen LogP) is 3.91. The number of hydrogen-bond donors (Lipinski definition) is 0. The van der Waals surface area contributed by atoms with Gasteiger partial charge in [-0.3, -0.25) is 14.5 Å². The first-order chi connectivity index (χ1) is 14.0. The van der Waals surface area contributed by atoms with Gasteiger partial charge in [-0.05, 0) is 48.4 Å². The Balaban J connectivity index is 1.46. The van der Waals surface area contributed by atoms with Crippen LogP contribution in [0.25, 0.3) is 0 Å². The third-order valence-corrected chi connectivity index (χ3v) is 5.41. The molecular weight excluding hydrogens is 386 g/mol. The molecule has 1 fully saturated rings. The third kappa shape index (κ3) is 6.15. The summed E-state index contributed by atoms with van der Waals surface area (Å²) >= 11 is 5.85. The minimum atomic E-state index is -0.0349. The van der Waals surface area contributed by atoms with Crippen LogP contribution in [0, 0.1) is 11.3 Å². The molecule has 0 aromatic heterocycles. The summed E-state index contributed by atoms with van der Waals surface area (Å²) in [6, 6.07) is 16.5. The van der Waals surface area contributed by atoms with Gasteiger partial charge < -0.3 is 4.90 Å². The number of Topliss-reactive ketones (excluding diaryl/α,β-unsaturated/α-hetero) is 1. The molecular formula is C23H24ClN3O2. The summed E-state index contributed by atoms with van der Waals surface area (Å²) in [5.74, 6) is -0.000169. The molecule has 5 nitrogen and oxygen atoms in total. The quantitative estimate of drug-likeness (QED) is 0.678. The van der Waals surface area contributed by atoms with Crippen LogP contribution in [-0.4, -0.2) is 47.7 Å². The van der Waals surface area contributed by atoms with Crippen LogP contribution in [0.4, 0.5) is 0 Å². The van der Waals surface area contributed by atoms with Gasteiger partial charge in [-0.15, -0.1) is 0 Å². The Labute approximate surface area is 176 Å². The number of nitrogens with zero attached hydrogens (tertiary/aromatic N) is 3. The van der Waals surface area contributed by atoms with Gasteiger partial charge >= 0.3 is 0 Å².